The topological polar surface area (TPSA) is 37.0 Å². The summed E-state index contributed by atoms with van der Waals surface area (Å²) in [5.74, 6) is 1.22. The number of benzene rings is 1. The zero-order valence-electron chi connectivity index (χ0n) is 11.2. The van der Waals surface area contributed by atoms with Crippen LogP contribution < -0.4 is 10.6 Å². The number of anilines is 3. The van der Waals surface area contributed by atoms with E-state index in [1.807, 2.05) is 37.4 Å². The summed E-state index contributed by atoms with van der Waals surface area (Å²) in [6.07, 6.45) is 2.03. The molecule has 0 spiro atoms. The van der Waals surface area contributed by atoms with Crippen LogP contribution in [-0.4, -0.2) is 17.8 Å². The Morgan fingerprint density at radius 3 is 2.55 bits per heavy atom. The number of hydrogen-bond acceptors (Lipinski definition) is 4. The first-order valence-corrected chi connectivity index (χ1v) is 8.13. The largest absolute Gasteiger partial charge is 0.369 e. The van der Waals surface area contributed by atoms with Crippen LogP contribution in [-0.2, 0) is 0 Å². The first-order chi connectivity index (χ1) is 9.65. The van der Waals surface area contributed by atoms with Crippen LogP contribution in [0.2, 0.25) is 10.0 Å². The van der Waals surface area contributed by atoms with Gasteiger partial charge in [0.15, 0.2) is 5.82 Å². The molecule has 0 aliphatic heterocycles. The van der Waals surface area contributed by atoms with E-state index in [9.17, 15) is 0 Å². The Bertz CT molecular complexity index is 605. The smallest absolute Gasteiger partial charge is 0.151 e. The molecule has 106 valence electrons. The van der Waals surface area contributed by atoms with Crippen LogP contribution in [0.1, 0.15) is 6.92 Å². The van der Waals surface area contributed by atoms with Gasteiger partial charge < -0.3 is 10.6 Å². The van der Waals surface area contributed by atoms with Gasteiger partial charge in [0.2, 0.25) is 0 Å². The van der Waals surface area contributed by atoms with Crippen LogP contribution >= 0.6 is 35.0 Å². The summed E-state index contributed by atoms with van der Waals surface area (Å²) < 4.78 is 0. The number of thioether (sulfide) groups is 1. The zero-order chi connectivity index (χ0) is 14.5. The quantitative estimate of drug-likeness (QED) is 0.732. The maximum atomic E-state index is 6.20. The lowest BCUT2D eigenvalue weighted by Gasteiger charge is -2.13. The summed E-state index contributed by atoms with van der Waals surface area (Å²) in [5.41, 5.74) is 0.971. The minimum absolute atomic E-state index is 0.493. The molecule has 2 aromatic rings. The van der Waals surface area contributed by atoms with Crippen molar-refractivity contribution in [2.45, 2.75) is 11.8 Å². The summed E-state index contributed by atoms with van der Waals surface area (Å²) in [6.45, 7) is 2.73. The van der Waals surface area contributed by atoms with Gasteiger partial charge in [-0.25, -0.2) is 4.98 Å². The highest BCUT2D eigenvalue weighted by Crippen LogP contribution is 2.33. The molecule has 0 saturated heterocycles. The molecule has 0 aliphatic carbocycles. The van der Waals surface area contributed by atoms with Gasteiger partial charge in [-0.2, -0.15) is 0 Å². The molecule has 2 N–H and O–H groups in total. The van der Waals surface area contributed by atoms with E-state index in [1.165, 1.54) is 0 Å². The van der Waals surface area contributed by atoms with Gasteiger partial charge in [-0.05, 0) is 31.4 Å². The number of aromatic nitrogens is 1. The second-order valence-corrected chi connectivity index (χ2v) is 5.67. The normalized spacial score (nSPS) is 10.4. The fourth-order valence-corrected chi connectivity index (χ4v) is 2.75. The third-order valence-electron chi connectivity index (χ3n) is 2.63. The van der Waals surface area contributed by atoms with Gasteiger partial charge in [-0.1, -0.05) is 35.3 Å². The Hall–Kier alpha value is -1.10. The van der Waals surface area contributed by atoms with E-state index < -0.39 is 0 Å². The Morgan fingerprint density at radius 1 is 1.15 bits per heavy atom. The van der Waals surface area contributed by atoms with Crippen LogP contribution in [0.4, 0.5) is 17.3 Å². The van der Waals surface area contributed by atoms with Crippen LogP contribution in [0.25, 0.3) is 0 Å². The van der Waals surface area contributed by atoms with Gasteiger partial charge in [0, 0.05) is 11.4 Å². The number of rotatable bonds is 5. The standard InChI is InChI=1S/C14H15Cl2N3S/c1-3-17-13-9(15)8-10(16)14(19-13)18-11-6-4-5-7-12(11)20-2/h4-8H,3H2,1-2H3,(H2,17,18,19). The first kappa shape index (κ1) is 15.3. The highest BCUT2D eigenvalue weighted by atomic mass is 35.5. The van der Waals surface area contributed by atoms with E-state index in [2.05, 4.69) is 15.6 Å². The molecule has 0 saturated carbocycles. The van der Waals surface area contributed by atoms with Crippen LogP contribution in [0.3, 0.4) is 0 Å². The third kappa shape index (κ3) is 3.51. The van der Waals surface area contributed by atoms with Gasteiger partial charge >= 0.3 is 0 Å². The van der Waals surface area contributed by atoms with Crippen molar-refractivity contribution in [3.63, 3.8) is 0 Å². The zero-order valence-corrected chi connectivity index (χ0v) is 13.5. The van der Waals surface area contributed by atoms with Crippen molar-refractivity contribution in [3.05, 3.63) is 40.4 Å². The van der Waals surface area contributed by atoms with Crippen molar-refractivity contribution >= 4 is 52.3 Å². The van der Waals surface area contributed by atoms with Crippen molar-refractivity contribution in [2.24, 2.45) is 0 Å². The van der Waals surface area contributed by atoms with Crippen LogP contribution in [0.5, 0.6) is 0 Å². The molecule has 3 nitrogen and oxygen atoms in total. The summed E-state index contributed by atoms with van der Waals surface area (Å²) >= 11 is 14.0. The Labute approximate surface area is 133 Å². The van der Waals surface area contributed by atoms with Crippen molar-refractivity contribution in [3.8, 4) is 0 Å². The second kappa shape index (κ2) is 7.07. The molecule has 0 atom stereocenters. The summed E-state index contributed by atoms with van der Waals surface area (Å²) in [7, 11) is 0. The molecular weight excluding hydrogens is 313 g/mol. The van der Waals surface area contributed by atoms with Crippen molar-refractivity contribution in [1.29, 1.82) is 0 Å². The van der Waals surface area contributed by atoms with E-state index in [4.69, 9.17) is 23.2 Å². The Balaban J connectivity index is 2.35. The summed E-state index contributed by atoms with van der Waals surface area (Å²) in [6, 6.07) is 9.70. The molecule has 0 unspecified atom stereocenters. The van der Waals surface area contributed by atoms with E-state index in [1.54, 1.807) is 17.8 Å². The Morgan fingerprint density at radius 2 is 1.85 bits per heavy atom. The first-order valence-electron chi connectivity index (χ1n) is 6.15. The molecule has 0 aliphatic rings. The maximum absolute atomic E-state index is 6.20. The fraction of sp³-hybridized carbons (Fsp3) is 0.214. The predicted molar refractivity (Wildman–Crippen MR) is 89.9 cm³/mol. The molecule has 2 rings (SSSR count). The average molecular weight is 328 g/mol. The molecule has 1 aromatic carbocycles. The molecular formula is C14H15Cl2N3S. The molecule has 0 amide bonds. The molecule has 20 heavy (non-hydrogen) atoms. The van der Waals surface area contributed by atoms with Crippen LogP contribution in [0.15, 0.2) is 35.2 Å². The second-order valence-electron chi connectivity index (χ2n) is 4.00. The van der Waals surface area contributed by atoms with E-state index in [-0.39, 0.29) is 0 Å². The lowest BCUT2D eigenvalue weighted by atomic mass is 10.3. The van der Waals surface area contributed by atoms with Gasteiger partial charge in [0.25, 0.3) is 0 Å². The van der Waals surface area contributed by atoms with Gasteiger partial charge in [-0.15, -0.1) is 11.8 Å². The van der Waals surface area contributed by atoms with E-state index in [0.29, 0.717) is 21.7 Å². The maximum Gasteiger partial charge on any atom is 0.151 e. The number of pyridine rings is 1. The van der Waals surface area contributed by atoms with Gasteiger partial charge in [0.1, 0.15) is 5.82 Å². The molecule has 0 fully saturated rings. The molecule has 0 radical (unpaired) electrons. The number of halogens is 2. The van der Waals surface area contributed by atoms with Crippen molar-refractivity contribution < 1.29 is 0 Å². The van der Waals surface area contributed by atoms with Crippen LogP contribution in [0, 0.1) is 0 Å². The predicted octanol–water partition coefficient (Wildman–Crippen LogP) is 5.29. The molecule has 1 aromatic heterocycles. The Kier molecular flexibility index (Phi) is 5.40. The summed E-state index contributed by atoms with van der Waals surface area (Å²) in [5, 5.41) is 7.37. The number of para-hydroxylation sites is 1. The summed E-state index contributed by atoms with van der Waals surface area (Å²) in [4.78, 5) is 5.57. The van der Waals surface area contributed by atoms with Gasteiger partial charge in [0.05, 0.1) is 15.7 Å². The highest BCUT2D eigenvalue weighted by molar-refractivity contribution is 7.98. The van der Waals surface area contributed by atoms with Gasteiger partial charge in [-0.3, -0.25) is 0 Å². The minimum Gasteiger partial charge on any atom is -0.369 e. The monoisotopic (exact) mass is 327 g/mol. The number of hydrogen-bond donors (Lipinski definition) is 2. The third-order valence-corrected chi connectivity index (χ3v) is 4.01. The number of nitrogens with zero attached hydrogens (tertiary/aromatic N) is 1. The lowest BCUT2D eigenvalue weighted by molar-refractivity contribution is 1.16. The average Bonchev–Trinajstić information content (AvgIpc) is 2.45. The SMILES string of the molecule is CCNc1nc(Nc2ccccc2SC)c(Cl)cc1Cl. The lowest BCUT2D eigenvalue weighted by Crippen LogP contribution is -2.03. The van der Waals surface area contributed by atoms with E-state index in [0.717, 1.165) is 17.1 Å². The van der Waals surface area contributed by atoms with E-state index >= 15 is 0 Å². The molecule has 1 heterocycles. The minimum atomic E-state index is 0.493. The van der Waals surface area contributed by atoms with Crippen molar-refractivity contribution in [1.82, 2.24) is 4.98 Å². The van der Waals surface area contributed by atoms with Crippen molar-refractivity contribution in [2.75, 3.05) is 23.4 Å². The highest BCUT2D eigenvalue weighted by Gasteiger charge is 2.10. The molecule has 0 bridgehead atoms. The molecule has 6 heteroatoms. The number of nitrogens with one attached hydrogen (secondary N) is 2. The fourth-order valence-electron chi connectivity index (χ4n) is 1.72.